The van der Waals surface area contributed by atoms with Crippen LogP contribution in [0.4, 0.5) is 0 Å². The summed E-state index contributed by atoms with van der Waals surface area (Å²) in [4.78, 5) is 4.07. The molecule has 1 aromatic carbocycles. The van der Waals surface area contributed by atoms with Crippen LogP contribution in [0.1, 0.15) is 5.82 Å². The van der Waals surface area contributed by atoms with E-state index in [1.165, 1.54) is 3.57 Å². The maximum absolute atomic E-state index is 4.22. The molecular weight excluding hydrogens is 277 g/mol. The summed E-state index contributed by atoms with van der Waals surface area (Å²) in [6.07, 6.45) is 1.72. The van der Waals surface area contributed by atoms with Gasteiger partial charge in [0, 0.05) is 3.57 Å². The fourth-order valence-electron chi connectivity index (χ4n) is 1.09. The number of aromatic nitrogens is 3. The van der Waals surface area contributed by atoms with E-state index >= 15 is 0 Å². The molecular formula is C9H8IN3. The molecule has 0 radical (unpaired) electrons. The maximum atomic E-state index is 4.22. The summed E-state index contributed by atoms with van der Waals surface area (Å²) in [6.45, 7) is 1.88. The lowest BCUT2D eigenvalue weighted by molar-refractivity contribution is 0.862. The Balaban J connectivity index is 2.46. The highest BCUT2D eigenvalue weighted by Crippen LogP contribution is 2.10. The number of hydrogen-bond acceptors (Lipinski definition) is 2. The van der Waals surface area contributed by atoms with E-state index in [4.69, 9.17) is 0 Å². The van der Waals surface area contributed by atoms with Crippen molar-refractivity contribution in [3.63, 3.8) is 0 Å². The minimum Gasteiger partial charge on any atom is -0.221 e. The molecule has 66 valence electrons. The standard InChI is InChI=1S/C9H8IN3/c1-7-11-6-13(12-7)9-4-2-3-8(10)5-9/h2-6H,1H3. The second-order valence-electron chi connectivity index (χ2n) is 2.72. The number of halogens is 1. The molecule has 2 rings (SSSR count). The van der Waals surface area contributed by atoms with Crippen molar-refractivity contribution >= 4 is 22.6 Å². The van der Waals surface area contributed by atoms with Crippen molar-refractivity contribution in [2.45, 2.75) is 6.92 Å². The van der Waals surface area contributed by atoms with Crippen molar-refractivity contribution in [3.05, 3.63) is 40.0 Å². The lowest BCUT2D eigenvalue weighted by Crippen LogP contribution is -1.94. The van der Waals surface area contributed by atoms with Crippen molar-refractivity contribution in [3.8, 4) is 5.69 Å². The maximum Gasteiger partial charge on any atom is 0.147 e. The van der Waals surface area contributed by atoms with Crippen LogP contribution < -0.4 is 0 Å². The molecule has 0 spiro atoms. The van der Waals surface area contributed by atoms with Crippen molar-refractivity contribution < 1.29 is 0 Å². The van der Waals surface area contributed by atoms with Gasteiger partial charge in [-0.2, -0.15) is 5.10 Å². The van der Waals surface area contributed by atoms with Gasteiger partial charge in [0.2, 0.25) is 0 Å². The van der Waals surface area contributed by atoms with E-state index in [1.807, 2.05) is 25.1 Å². The first-order valence-electron chi connectivity index (χ1n) is 3.90. The SMILES string of the molecule is Cc1ncn(-c2cccc(I)c2)n1. The summed E-state index contributed by atoms with van der Waals surface area (Å²) >= 11 is 2.28. The Labute approximate surface area is 89.9 Å². The highest BCUT2D eigenvalue weighted by Gasteiger charge is 1.98. The first-order chi connectivity index (χ1) is 6.25. The topological polar surface area (TPSA) is 30.7 Å². The quantitative estimate of drug-likeness (QED) is 0.752. The molecule has 0 unspecified atom stereocenters. The lowest BCUT2D eigenvalue weighted by atomic mass is 10.3. The number of benzene rings is 1. The third-order valence-corrected chi connectivity index (χ3v) is 2.35. The van der Waals surface area contributed by atoms with Crippen molar-refractivity contribution in [2.75, 3.05) is 0 Å². The van der Waals surface area contributed by atoms with Crippen LogP contribution >= 0.6 is 22.6 Å². The molecule has 2 aromatic rings. The van der Waals surface area contributed by atoms with E-state index in [9.17, 15) is 0 Å². The monoisotopic (exact) mass is 285 g/mol. The first kappa shape index (κ1) is 8.68. The Morgan fingerprint density at radius 2 is 2.23 bits per heavy atom. The number of aryl methyl sites for hydroxylation is 1. The number of rotatable bonds is 1. The molecule has 0 aliphatic heterocycles. The highest BCUT2D eigenvalue weighted by molar-refractivity contribution is 14.1. The van der Waals surface area contributed by atoms with Gasteiger partial charge in [0.05, 0.1) is 5.69 Å². The van der Waals surface area contributed by atoms with Gasteiger partial charge in [0.25, 0.3) is 0 Å². The molecule has 13 heavy (non-hydrogen) atoms. The second-order valence-corrected chi connectivity index (χ2v) is 3.96. The van der Waals surface area contributed by atoms with E-state index in [-0.39, 0.29) is 0 Å². The Morgan fingerprint density at radius 1 is 1.38 bits per heavy atom. The molecule has 0 saturated heterocycles. The summed E-state index contributed by atoms with van der Waals surface area (Å²) in [7, 11) is 0. The van der Waals surface area contributed by atoms with Gasteiger partial charge in [-0.25, -0.2) is 9.67 Å². The molecule has 0 fully saturated rings. The molecule has 0 bridgehead atoms. The molecule has 4 heteroatoms. The zero-order chi connectivity index (χ0) is 9.26. The molecule has 0 N–H and O–H groups in total. The van der Waals surface area contributed by atoms with Crippen LogP contribution in [0.15, 0.2) is 30.6 Å². The van der Waals surface area contributed by atoms with Crippen LogP contribution in [-0.4, -0.2) is 14.8 Å². The molecule has 0 atom stereocenters. The Bertz CT molecular complexity index is 422. The molecule has 1 heterocycles. The summed E-state index contributed by atoms with van der Waals surface area (Å²) in [6, 6.07) is 8.13. The van der Waals surface area contributed by atoms with Gasteiger partial charge in [-0.15, -0.1) is 0 Å². The smallest absolute Gasteiger partial charge is 0.147 e. The molecule has 0 saturated carbocycles. The minimum atomic E-state index is 0.791. The van der Waals surface area contributed by atoms with Crippen LogP contribution in [0.3, 0.4) is 0 Å². The predicted molar refractivity (Wildman–Crippen MR) is 58.8 cm³/mol. The third-order valence-electron chi connectivity index (χ3n) is 1.68. The normalized spacial score (nSPS) is 10.3. The zero-order valence-corrected chi connectivity index (χ0v) is 9.26. The highest BCUT2D eigenvalue weighted by atomic mass is 127. The fourth-order valence-corrected chi connectivity index (χ4v) is 1.62. The predicted octanol–water partition coefficient (Wildman–Crippen LogP) is 2.18. The number of nitrogens with zero attached hydrogens (tertiary/aromatic N) is 3. The van der Waals surface area contributed by atoms with Gasteiger partial charge >= 0.3 is 0 Å². The molecule has 0 amide bonds. The molecule has 1 aromatic heterocycles. The number of hydrogen-bond donors (Lipinski definition) is 0. The van der Waals surface area contributed by atoms with E-state index in [2.05, 4.69) is 38.7 Å². The van der Waals surface area contributed by atoms with E-state index in [1.54, 1.807) is 11.0 Å². The molecule has 0 aliphatic rings. The molecule has 0 aliphatic carbocycles. The second kappa shape index (κ2) is 3.45. The van der Waals surface area contributed by atoms with Crippen LogP contribution in [0.2, 0.25) is 0 Å². The molecule has 3 nitrogen and oxygen atoms in total. The summed E-state index contributed by atoms with van der Waals surface area (Å²) in [5, 5.41) is 4.22. The minimum absolute atomic E-state index is 0.791. The summed E-state index contributed by atoms with van der Waals surface area (Å²) < 4.78 is 2.97. The average Bonchev–Trinajstić information content (AvgIpc) is 2.52. The Morgan fingerprint density at radius 3 is 2.85 bits per heavy atom. The van der Waals surface area contributed by atoms with Crippen LogP contribution in [0, 0.1) is 10.5 Å². The Hall–Kier alpha value is -0.910. The largest absolute Gasteiger partial charge is 0.221 e. The zero-order valence-electron chi connectivity index (χ0n) is 7.11. The van der Waals surface area contributed by atoms with E-state index in [0.717, 1.165) is 11.5 Å². The van der Waals surface area contributed by atoms with Gasteiger partial charge in [0.15, 0.2) is 0 Å². The summed E-state index contributed by atoms with van der Waals surface area (Å²) in [5.41, 5.74) is 1.05. The third kappa shape index (κ3) is 1.88. The van der Waals surface area contributed by atoms with Crippen molar-refractivity contribution in [1.29, 1.82) is 0 Å². The van der Waals surface area contributed by atoms with Gasteiger partial charge in [-0.3, -0.25) is 0 Å². The van der Waals surface area contributed by atoms with Crippen molar-refractivity contribution in [1.82, 2.24) is 14.8 Å². The average molecular weight is 285 g/mol. The lowest BCUT2D eigenvalue weighted by Gasteiger charge is -1.99. The van der Waals surface area contributed by atoms with Crippen molar-refractivity contribution in [2.24, 2.45) is 0 Å². The van der Waals surface area contributed by atoms with Gasteiger partial charge in [0.1, 0.15) is 12.2 Å². The first-order valence-corrected chi connectivity index (χ1v) is 4.98. The van der Waals surface area contributed by atoms with Gasteiger partial charge < -0.3 is 0 Å². The Kier molecular flexibility index (Phi) is 2.30. The summed E-state index contributed by atoms with van der Waals surface area (Å²) in [5.74, 6) is 0.791. The van der Waals surface area contributed by atoms with Gasteiger partial charge in [-0.1, -0.05) is 6.07 Å². The van der Waals surface area contributed by atoms with Crippen LogP contribution in [0.5, 0.6) is 0 Å². The van der Waals surface area contributed by atoms with Gasteiger partial charge in [-0.05, 0) is 47.7 Å². The van der Waals surface area contributed by atoms with Crippen LogP contribution in [0.25, 0.3) is 5.69 Å². The van der Waals surface area contributed by atoms with E-state index < -0.39 is 0 Å². The van der Waals surface area contributed by atoms with E-state index in [0.29, 0.717) is 0 Å². The fraction of sp³-hybridized carbons (Fsp3) is 0.111. The van der Waals surface area contributed by atoms with Crippen LogP contribution in [-0.2, 0) is 0 Å².